The van der Waals surface area contributed by atoms with Crippen molar-refractivity contribution in [1.82, 2.24) is 19.3 Å². The molecule has 3 heterocycles. The Morgan fingerprint density at radius 2 is 1.76 bits per heavy atom. The van der Waals surface area contributed by atoms with Crippen LogP contribution in [0.15, 0.2) is 65.7 Å². The molecule has 1 unspecified atom stereocenters. The second-order valence-electron chi connectivity index (χ2n) is 9.73. The van der Waals surface area contributed by atoms with Gasteiger partial charge in [0.2, 0.25) is 5.88 Å². The lowest BCUT2D eigenvalue weighted by atomic mass is 9.87. The lowest BCUT2D eigenvalue weighted by Crippen LogP contribution is -2.26. The lowest BCUT2D eigenvalue weighted by molar-refractivity contribution is 0.0997. The number of aromatic nitrogens is 4. The van der Waals surface area contributed by atoms with E-state index in [1.165, 1.54) is 42.4 Å². The molecule has 42 heavy (non-hydrogen) atoms. The third-order valence-electron chi connectivity index (χ3n) is 7.36. The van der Waals surface area contributed by atoms with Gasteiger partial charge in [0, 0.05) is 18.5 Å². The summed E-state index contributed by atoms with van der Waals surface area (Å²) in [7, 11) is 3.07. The van der Waals surface area contributed by atoms with E-state index < -0.39 is 17.3 Å². The fraction of sp³-hybridized carbons (Fsp3) is 0.200. The van der Waals surface area contributed by atoms with Crippen molar-refractivity contribution in [3.63, 3.8) is 0 Å². The van der Waals surface area contributed by atoms with Crippen LogP contribution >= 0.6 is 11.6 Å². The van der Waals surface area contributed by atoms with Crippen LogP contribution < -0.4 is 25.5 Å². The monoisotopic (exact) mass is 589 g/mol. The first-order valence-electron chi connectivity index (χ1n) is 13.1. The van der Waals surface area contributed by atoms with Crippen molar-refractivity contribution in [2.24, 2.45) is 5.73 Å². The lowest BCUT2D eigenvalue weighted by Gasteiger charge is -2.27. The number of fused-ring (bicyclic) bond motifs is 2. The van der Waals surface area contributed by atoms with Gasteiger partial charge in [0.05, 0.1) is 41.5 Å². The molecule has 5 aromatic rings. The summed E-state index contributed by atoms with van der Waals surface area (Å²) in [5.41, 5.74) is 7.37. The largest absolute Gasteiger partial charge is 0.493 e. The average Bonchev–Trinajstić information content (AvgIpc) is 3.30. The number of hydrogen-bond acceptors (Lipinski definition) is 7. The Balaban J connectivity index is 1.39. The van der Waals surface area contributed by atoms with Crippen LogP contribution in [-0.4, -0.2) is 39.5 Å². The molecule has 0 bridgehead atoms. The zero-order chi connectivity index (χ0) is 29.5. The summed E-state index contributed by atoms with van der Waals surface area (Å²) in [6.45, 7) is 0.482. The molecule has 6 rings (SSSR count). The first-order valence-corrected chi connectivity index (χ1v) is 13.4. The number of carbonyl (C=O) groups is 1. The number of carbonyl (C=O) groups excluding carboxylic acids is 1. The molecule has 0 saturated heterocycles. The highest BCUT2D eigenvalue weighted by Gasteiger charge is 2.33. The van der Waals surface area contributed by atoms with E-state index >= 15 is 0 Å². The van der Waals surface area contributed by atoms with Crippen molar-refractivity contribution in [2.75, 3.05) is 14.2 Å². The summed E-state index contributed by atoms with van der Waals surface area (Å²) in [5.74, 6) is 0.0239. The Hall–Kier alpha value is -4.90. The minimum absolute atomic E-state index is 0.0997. The van der Waals surface area contributed by atoms with Gasteiger partial charge in [0.25, 0.3) is 11.5 Å². The molecule has 0 saturated carbocycles. The molecule has 2 N–H and O–H groups in total. The number of benzene rings is 3. The minimum Gasteiger partial charge on any atom is -0.493 e. The van der Waals surface area contributed by atoms with Crippen molar-refractivity contribution in [1.29, 1.82) is 0 Å². The molecule has 10 nitrogen and oxygen atoms in total. The van der Waals surface area contributed by atoms with Crippen LogP contribution in [0.1, 0.15) is 40.4 Å². The summed E-state index contributed by atoms with van der Waals surface area (Å²) < 4.78 is 33.6. The second kappa shape index (κ2) is 10.8. The van der Waals surface area contributed by atoms with Crippen LogP contribution in [0.3, 0.4) is 0 Å². The molecule has 1 atom stereocenters. The third-order valence-corrected chi connectivity index (χ3v) is 7.66. The molecule has 0 aliphatic carbocycles. The number of primary amides is 1. The van der Waals surface area contributed by atoms with Crippen LogP contribution in [0.2, 0.25) is 5.02 Å². The van der Waals surface area contributed by atoms with Crippen LogP contribution in [-0.2, 0) is 6.54 Å². The topological polar surface area (TPSA) is 123 Å². The van der Waals surface area contributed by atoms with Gasteiger partial charge in [0.15, 0.2) is 11.5 Å². The predicted octanol–water partition coefficient (Wildman–Crippen LogP) is 5.21. The number of nitrogens with two attached hydrogens (primary N) is 1. The SMILES string of the molecule is COc1cc2ncnc(Oc3ccc(C4CCCn5c4c(C(N)=O)c(=O)n5-c4ccc(F)cc4)cc3Cl)c2cc1OC. The number of halogens is 2. The maximum absolute atomic E-state index is 13.6. The Labute approximate surface area is 244 Å². The van der Waals surface area contributed by atoms with E-state index in [1.807, 2.05) is 6.07 Å². The number of rotatable bonds is 7. The zero-order valence-electron chi connectivity index (χ0n) is 22.6. The smallest absolute Gasteiger partial charge is 0.284 e. The van der Waals surface area contributed by atoms with E-state index in [0.29, 0.717) is 57.5 Å². The highest BCUT2D eigenvalue weighted by atomic mass is 35.5. The van der Waals surface area contributed by atoms with E-state index in [4.69, 9.17) is 31.5 Å². The number of ether oxygens (including phenoxy) is 3. The summed E-state index contributed by atoms with van der Waals surface area (Å²) in [6, 6.07) is 14.2. The molecule has 2 aromatic heterocycles. The maximum atomic E-state index is 13.6. The molecule has 1 aliphatic heterocycles. The number of methoxy groups -OCH3 is 2. The first-order chi connectivity index (χ1) is 20.3. The highest BCUT2D eigenvalue weighted by Crippen LogP contribution is 2.41. The molecule has 0 spiro atoms. The molecule has 214 valence electrons. The highest BCUT2D eigenvalue weighted by molar-refractivity contribution is 6.32. The van der Waals surface area contributed by atoms with Crippen molar-refractivity contribution in [2.45, 2.75) is 25.3 Å². The molecule has 12 heteroatoms. The van der Waals surface area contributed by atoms with Gasteiger partial charge in [0.1, 0.15) is 23.5 Å². The van der Waals surface area contributed by atoms with E-state index in [0.717, 1.165) is 12.0 Å². The second-order valence-corrected chi connectivity index (χ2v) is 10.1. The molecular formula is C30H25ClFN5O5. The van der Waals surface area contributed by atoms with E-state index in [9.17, 15) is 14.0 Å². The van der Waals surface area contributed by atoms with Gasteiger partial charge in [-0.15, -0.1) is 0 Å². The van der Waals surface area contributed by atoms with E-state index in [2.05, 4.69) is 9.97 Å². The van der Waals surface area contributed by atoms with Crippen molar-refractivity contribution >= 4 is 28.4 Å². The number of amides is 1. The van der Waals surface area contributed by atoms with Crippen molar-refractivity contribution in [3.8, 4) is 28.8 Å². The van der Waals surface area contributed by atoms with Gasteiger partial charge in [-0.25, -0.2) is 19.0 Å². The van der Waals surface area contributed by atoms with Crippen LogP contribution in [0.4, 0.5) is 4.39 Å². The number of nitrogens with zero attached hydrogens (tertiary/aromatic N) is 4. The quantitative estimate of drug-likeness (QED) is 0.276. The summed E-state index contributed by atoms with van der Waals surface area (Å²) in [4.78, 5) is 34.6. The molecule has 1 aliphatic rings. The predicted molar refractivity (Wildman–Crippen MR) is 154 cm³/mol. The Morgan fingerprint density at radius 3 is 2.45 bits per heavy atom. The maximum Gasteiger partial charge on any atom is 0.284 e. The van der Waals surface area contributed by atoms with E-state index in [1.54, 1.807) is 36.1 Å². The van der Waals surface area contributed by atoms with Gasteiger partial charge in [-0.3, -0.25) is 14.3 Å². The normalized spacial score (nSPS) is 14.4. The van der Waals surface area contributed by atoms with Gasteiger partial charge in [-0.1, -0.05) is 17.7 Å². The fourth-order valence-electron chi connectivity index (χ4n) is 5.47. The summed E-state index contributed by atoms with van der Waals surface area (Å²) in [5, 5.41) is 0.901. The molecule has 3 aromatic carbocycles. The molecule has 0 radical (unpaired) electrons. The van der Waals surface area contributed by atoms with Gasteiger partial charge < -0.3 is 19.9 Å². The van der Waals surface area contributed by atoms with Crippen LogP contribution in [0, 0.1) is 5.82 Å². The first kappa shape index (κ1) is 27.3. The Morgan fingerprint density at radius 1 is 1.02 bits per heavy atom. The molecular weight excluding hydrogens is 565 g/mol. The van der Waals surface area contributed by atoms with Crippen LogP contribution in [0.25, 0.3) is 16.6 Å². The zero-order valence-corrected chi connectivity index (χ0v) is 23.4. The summed E-state index contributed by atoms with van der Waals surface area (Å²) >= 11 is 6.72. The fourth-order valence-corrected chi connectivity index (χ4v) is 5.70. The third kappa shape index (κ3) is 4.61. The summed E-state index contributed by atoms with van der Waals surface area (Å²) in [6.07, 6.45) is 2.76. The number of hydrogen-bond donors (Lipinski definition) is 1. The van der Waals surface area contributed by atoms with Crippen molar-refractivity contribution < 1.29 is 23.4 Å². The van der Waals surface area contributed by atoms with E-state index in [-0.39, 0.29) is 17.4 Å². The average molecular weight is 590 g/mol. The molecule has 0 fully saturated rings. The minimum atomic E-state index is -0.828. The van der Waals surface area contributed by atoms with Crippen LogP contribution in [0.5, 0.6) is 23.1 Å². The van der Waals surface area contributed by atoms with Gasteiger partial charge in [-0.05, 0) is 60.9 Å². The molecule has 1 amide bonds. The Bertz CT molecular complexity index is 1900. The van der Waals surface area contributed by atoms with Gasteiger partial charge in [-0.2, -0.15) is 0 Å². The standard InChI is InChI=1S/C30H25ClFN5O5/c1-40-24-13-20-22(14-25(24)41-2)34-15-35-29(20)42-23-10-5-16(12-21(23)31)19-4-3-11-36-27(19)26(28(33)38)30(39)37(36)18-8-6-17(32)7-9-18/h5-10,12-15,19H,3-4,11H2,1-2H3,(H2,33,38). The van der Waals surface area contributed by atoms with Gasteiger partial charge >= 0.3 is 0 Å². The van der Waals surface area contributed by atoms with Crippen molar-refractivity contribution in [3.05, 3.63) is 98.9 Å². The Kier molecular flexibility index (Phi) is 7.03.